The first kappa shape index (κ1) is 16.4. The van der Waals surface area contributed by atoms with Crippen molar-refractivity contribution in [1.82, 2.24) is 19.5 Å². The highest BCUT2D eigenvalue weighted by atomic mass is 19.1. The highest BCUT2D eigenvalue weighted by molar-refractivity contribution is 5.92. The molecular formula is C22H16FN5. The number of rotatable bonds is 3. The molecule has 6 heteroatoms. The van der Waals surface area contributed by atoms with Crippen molar-refractivity contribution in [3.05, 3.63) is 79.0 Å². The number of fused-ring (bicyclic) bond motifs is 2. The predicted molar refractivity (Wildman–Crippen MR) is 109 cm³/mol. The molecule has 136 valence electrons. The van der Waals surface area contributed by atoms with Crippen molar-refractivity contribution >= 4 is 27.5 Å². The number of hydrogen-bond acceptors (Lipinski definition) is 4. The molecule has 5 aromatic rings. The molecule has 3 heterocycles. The van der Waals surface area contributed by atoms with Gasteiger partial charge in [0.2, 0.25) is 0 Å². The fourth-order valence-electron chi connectivity index (χ4n) is 3.38. The van der Waals surface area contributed by atoms with E-state index in [9.17, 15) is 4.39 Å². The third kappa shape index (κ3) is 2.58. The first-order chi connectivity index (χ1) is 13.7. The van der Waals surface area contributed by atoms with E-state index in [-0.39, 0.29) is 5.82 Å². The maximum absolute atomic E-state index is 14.4. The lowest BCUT2D eigenvalue weighted by molar-refractivity contribution is 0.630. The van der Waals surface area contributed by atoms with E-state index in [1.807, 2.05) is 54.3 Å². The van der Waals surface area contributed by atoms with Crippen molar-refractivity contribution in [3.8, 4) is 17.2 Å². The van der Waals surface area contributed by atoms with Crippen LogP contribution in [0.5, 0.6) is 0 Å². The standard InChI is InChI=1S/C22H16FN5/c1-24-15-6-7-19-17(12-15)22(28-11-9-14-13-25-10-8-20(14)28)27-21(26-19)16-4-2-3-5-18(16)23/h2-13,24H,1H3. The van der Waals surface area contributed by atoms with Gasteiger partial charge in [0.15, 0.2) is 5.82 Å². The van der Waals surface area contributed by atoms with Gasteiger partial charge in [0.05, 0.1) is 16.6 Å². The highest BCUT2D eigenvalue weighted by Crippen LogP contribution is 2.29. The molecule has 3 aromatic heterocycles. The van der Waals surface area contributed by atoms with Crippen molar-refractivity contribution in [1.29, 1.82) is 0 Å². The number of aromatic nitrogens is 4. The number of pyridine rings is 1. The Balaban J connectivity index is 1.86. The van der Waals surface area contributed by atoms with Crippen LogP contribution in [0.25, 0.3) is 39.0 Å². The van der Waals surface area contributed by atoms with Gasteiger partial charge in [-0.15, -0.1) is 0 Å². The number of hydrogen-bond donors (Lipinski definition) is 1. The van der Waals surface area contributed by atoms with Crippen molar-refractivity contribution in [2.45, 2.75) is 0 Å². The van der Waals surface area contributed by atoms with Crippen molar-refractivity contribution < 1.29 is 4.39 Å². The zero-order valence-corrected chi connectivity index (χ0v) is 15.1. The summed E-state index contributed by atoms with van der Waals surface area (Å²) in [6.45, 7) is 0. The topological polar surface area (TPSA) is 55.6 Å². The predicted octanol–water partition coefficient (Wildman–Crippen LogP) is 4.82. The molecule has 0 aliphatic rings. The fourth-order valence-corrected chi connectivity index (χ4v) is 3.38. The van der Waals surface area contributed by atoms with Gasteiger partial charge >= 0.3 is 0 Å². The van der Waals surface area contributed by atoms with E-state index in [2.05, 4.69) is 15.3 Å². The molecule has 2 aromatic carbocycles. The van der Waals surface area contributed by atoms with E-state index in [0.717, 1.165) is 27.5 Å². The molecule has 28 heavy (non-hydrogen) atoms. The van der Waals surface area contributed by atoms with E-state index >= 15 is 0 Å². The SMILES string of the molecule is CNc1ccc2nc(-c3ccccc3F)nc(-n3ccc4cnccc43)c2c1. The Morgan fingerprint density at radius 2 is 1.89 bits per heavy atom. The van der Waals surface area contributed by atoms with Crippen molar-refractivity contribution in [2.75, 3.05) is 12.4 Å². The molecule has 0 atom stereocenters. The molecule has 1 N–H and O–H groups in total. The lowest BCUT2D eigenvalue weighted by Crippen LogP contribution is -2.03. The molecule has 0 saturated carbocycles. The van der Waals surface area contributed by atoms with Gasteiger partial charge in [0.1, 0.15) is 11.6 Å². The largest absolute Gasteiger partial charge is 0.388 e. The zero-order valence-electron chi connectivity index (χ0n) is 15.1. The van der Waals surface area contributed by atoms with Gasteiger partial charge in [0.25, 0.3) is 0 Å². The number of nitrogens with zero attached hydrogens (tertiary/aromatic N) is 4. The minimum atomic E-state index is -0.346. The van der Waals surface area contributed by atoms with Gasteiger partial charge in [-0.05, 0) is 42.5 Å². The normalized spacial score (nSPS) is 11.2. The Hall–Kier alpha value is -3.80. The summed E-state index contributed by atoms with van der Waals surface area (Å²) in [5.74, 6) is 0.705. The van der Waals surface area contributed by atoms with Crippen LogP contribution in [0.15, 0.2) is 73.2 Å². The summed E-state index contributed by atoms with van der Waals surface area (Å²) < 4.78 is 16.4. The second-order valence-corrected chi connectivity index (χ2v) is 6.45. The average Bonchev–Trinajstić information content (AvgIpc) is 3.17. The summed E-state index contributed by atoms with van der Waals surface area (Å²) in [6, 6.07) is 16.4. The summed E-state index contributed by atoms with van der Waals surface area (Å²) in [7, 11) is 1.87. The molecule has 0 aliphatic carbocycles. The van der Waals surface area contributed by atoms with Crippen molar-refractivity contribution in [3.63, 3.8) is 0 Å². The number of halogens is 1. The van der Waals surface area contributed by atoms with Crippen LogP contribution in [-0.2, 0) is 0 Å². The van der Waals surface area contributed by atoms with Crippen LogP contribution < -0.4 is 5.32 Å². The maximum Gasteiger partial charge on any atom is 0.165 e. The first-order valence-corrected chi connectivity index (χ1v) is 8.90. The van der Waals surface area contributed by atoms with Crippen LogP contribution in [0, 0.1) is 5.82 Å². The average molecular weight is 369 g/mol. The van der Waals surface area contributed by atoms with Crippen LogP contribution in [0.3, 0.4) is 0 Å². The Morgan fingerprint density at radius 3 is 2.75 bits per heavy atom. The summed E-state index contributed by atoms with van der Waals surface area (Å²) in [4.78, 5) is 13.6. The van der Waals surface area contributed by atoms with E-state index in [0.29, 0.717) is 17.2 Å². The number of nitrogens with one attached hydrogen (secondary N) is 1. The molecule has 0 spiro atoms. The minimum absolute atomic E-state index is 0.346. The van der Waals surface area contributed by atoms with Gasteiger partial charge in [-0.2, -0.15) is 0 Å². The summed E-state index contributed by atoms with van der Waals surface area (Å²) in [6.07, 6.45) is 5.51. The smallest absolute Gasteiger partial charge is 0.165 e. The van der Waals surface area contributed by atoms with Crippen LogP contribution >= 0.6 is 0 Å². The number of benzene rings is 2. The summed E-state index contributed by atoms with van der Waals surface area (Å²) in [5, 5.41) is 5.03. The fraction of sp³-hybridized carbons (Fsp3) is 0.0455. The second-order valence-electron chi connectivity index (χ2n) is 6.45. The summed E-state index contributed by atoms with van der Waals surface area (Å²) >= 11 is 0. The molecule has 0 unspecified atom stereocenters. The molecule has 0 bridgehead atoms. The van der Waals surface area contributed by atoms with Crippen LogP contribution in [0.4, 0.5) is 10.1 Å². The molecule has 0 amide bonds. The zero-order chi connectivity index (χ0) is 19.1. The van der Waals surface area contributed by atoms with Gasteiger partial charge in [-0.1, -0.05) is 12.1 Å². The summed E-state index contributed by atoms with van der Waals surface area (Å²) in [5.41, 5.74) is 3.05. The Bertz CT molecular complexity index is 1330. The molecule has 0 aliphatic heterocycles. The minimum Gasteiger partial charge on any atom is -0.388 e. The Kier molecular flexibility index (Phi) is 3.76. The third-order valence-electron chi connectivity index (χ3n) is 4.80. The molecule has 5 nitrogen and oxygen atoms in total. The molecule has 5 rings (SSSR count). The molecular weight excluding hydrogens is 353 g/mol. The Labute approximate surface area is 160 Å². The van der Waals surface area contributed by atoms with Crippen LogP contribution in [0.2, 0.25) is 0 Å². The van der Waals surface area contributed by atoms with Gasteiger partial charge in [-0.3, -0.25) is 4.98 Å². The molecule has 0 radical (unpaired) electrons. The van der Waals surface area contributed by atoms with E-state index in [1.54, 1.807) is 24.4 Å². The number of anilines is 1. The van der Waals surface area contributed by atoms with Gasteiger partial charge < -0.3 is 9.88 Å². The van der Waals surface area contributed by atoms with Crippen LogP contribution in [0.1, 0.15) is 0 Å². The van der Waals surface area contributed by atoms with E-state index in [4.69, 9.17) is 4.98 Å². The quantitative estimate of drug-likeness (QED) is 0.496. The van der Waals surface area contributed by atoms with Crippen molar-refractivity contribution in [2.24, 2.45) is 0 Å². The monoisotopic (exact) mass is 369 g/mol. The second kappa shape index (κ2) is 6.42. The Morgan fingerprint density at radius 1 is 1.00 bits per heavy atom. The van der Waals surface area contributed by atoms with Gasteiger partial charge in [0, 0.05) is 42.1 Å². The van der Waals surface area contributed by atoms with E-state index in [1.165, 1.54) is 6.07 Å². The maximum atomic E-state index is 14.4. The van der Waals surface area contributed by atoms with Crippen LogP contribution in [-0.4, -0.2) is 26.6 Å². The van der Waals surface area contributed by atoms with Gasteiger partial charge in [-0.25, -0.2) is 14.4 Å². The molecule has 0 saturated heterocycles. The third-order valence-corrected chi connectivity index (χ3v) is 4.80. The highest BCUT2D eigenvalue weighted by Gasteiger charge is 2.15. The lowest BCUT2D eigenvalue weighted by Gasteiger charge is -2.12. The first-order valence-electron chi connectivity index (χ1n) is 8.90. The molecule has 0 fully saturated rings. The van der Waals surface area contributed by atoms with E-state index < -0.39 is 0 Å². The lowest BCUT2D eigenvalue weighted by atomic mass is 10.1.